The molecule has 0 aliphatic rings. The van der Waals surface area contributed by atoms with Crippen molar-refractivity contribution in [2.75, 3.05) is 0 Å². The van der Waals surface area contributed by atoms with E-state index in [1.807, 2.05) is 103 Å². The molecule has 3 aromatic rings. The van der Waals surface area contributed by atoms with Crippen molar-refractivity contribution < 1.29 is 4.79 Å². The van der Waals surface area contributed by atoms with Crippen molar-refractivity contribution in [2.45, 2.75) is 6.42 Å². The summed E-state index contributed by atoms with van der Waals surface area (Å²) in [5.41, 5.74) is 6.35. The summed E-state index contributed by atoms with van der Waals surface area (Å²) >= 11 is 0. The van der Waals surface area contributed by atoms with E-state index in [0.717, 1.165) is 16.7 Å². The van der Waals surface area contributed by atoms with Gasteiger partial charge in [0, 0.05) is 5.56 Å². The minimum absolute atomic E-state index is 0.141. The summed E-state index contributed by atoms with van der Waals surface area (Å²) in [6.45, 7) is 0. The molecule has 0 saturated carbocycles. The van der Waals surface area contributed by atoms with E-state index in [0.29, 0.717) is 12.1 Å². The lowest BCUT2D eigenvalue weighted by Crippen LogP contribution is -2.21. The predicted molar refractivity (Wildman–Crippen MR) is 107 cm³/mol. The van der Waals surface area contributed by atoms with Crippen molar-refractivity contribution >= 4 is 17.7 Å². The monoisotopic (exact) mass is 340 g/mol. The van der Waals surface area contributed by atoms with Crippen LogP contribution in [0.5, 0.6) is 0 Å². The van der Waals surface area contributed by atoms with Gasteiger partial charge in [0.15, 0.2) is 0 Å². The molecule has 1 amide bonds. The Hall–Kier alpha value is -3.46. The van der Waals surface area contributed by atoms with Gasteiger partial charge in [-0.3, -0.25) is 4.79 Å². The number of carbonyl (C=O) groups excluding carboxylic acids is 1. The molecule has 0 aromatic heterocycles. The fourth-order valence-corrected chi connectivity index (χ4v) is 2.49. The number of hydrogen-bond donors (Lipinski definition) is 1. The van der Waals surface area contributed by atoms with Crippen LogP contribution in [0.1, 0.15) is 16.7 Å². The number of nitrogens with zero attached hydrogens (tertiary/aromatic N) is 1. The second-order valence-corrected chi connectivity index (χ2v) is 5.80. The van der Waals surface area contributed by atoms with Crippen molar-refractivity contribution in [3.63, 3.8) is 0 Å². The molecule has 0 fully saturated rings. The number of amides is 1. The van der Waals surface area contributed by atoms with Gasteiger partial charge >= 0.3 is 0 Å². The van der Waals surface area contributed by atoms with Crippen LogP contribution in [-0.4, -0.2) is 11.6 Å². The second kappa shape index (κ2) is 9.14. The Morgan fingerprint density at radius 3 is 2.04 bits per heavy atom. The van der Waals surface area contributed by atoms with Crippen LogP contribution in [0, 0.1) is 0 Å². The highest BCUT2D eigenvalue weighted by Crippen LogP contribution is 2.07. The molecule has 0 saturated heterocycles. The fourth-order valence-electron chi connectivity index (χ4n) is 2.49. The van der Waals surface area contributed by atoms with E-state index in [-0.39, 0.29) is 5.91 Å². The van der Waals surface area contributed by atoms with Crippen molar-refractivity contribution in [3.05, 3.63) is 114 Å². The average Bonchev–Trinajstić information content (AvgIpc) is 2.70. The van der Waals surface area contributed by atoms with Crippen LogP contribution in [-0.2, 0) is 11.2 Å². The topological polar surface area (TPSA) is 41.5 Å². The molecular formula is C23H20N2O. The Labute approximate surface area is 153 Å². The Morgan fingerprint density at radius 1 is 0.808 bits per heavy atom. The maximum absolute atomic E-state index is 12.2. The molecule has 0 unspecified atom stereocenters. The molecule has 0 aliphatic heterocycles. The lowest BCUT2D eigenvalue weighted by atomic mass is 10.1. The van der Waals surface area contributed by atoms with Crippen molar-refractivity contribution in [1.82, 2.24) is 5.43 Å². The molecule has 0 radical (unpaired) electrons. The van der Waals surface area contributed by atoms with Gasteiger partial charge in [-0.1, -0.05) is 97.1 Å². The van der Waals surface area contributed by atoms with Gasteiger partial charge in [-0.05, 0) is 17.2 Å². The summed E-state index contributed by atoms with van der Waals surface area (Å²) in [5.74, 6) is -0.141. The molecule has 0 bridgehead atoms. The summed E-state index contributed by atoms with van der Waals surface area (Å²) in [6.07, 6.45) is 4.19. The van der Waals surface area contributed by atoms with Crippen molar-refractivity contribution in [3.8, 4) is 0 Å². The fraction of sp³-hybridized carbons (Fsp3) is 0.0435. The van der Waals surface area contributed by atoms with E-state index >= 15 is 0 Å². The zero-order valence-corrected chi connectivity index (χ0v) is 14.4. The van der Waals surface area contributed by atoms with Gasteiger partial charge in [-0.15, -0.1) is 0 Å². The van der Waals surface area contributed by atoms with Gasteiger partial charge in [-0.25, -0.2) is 5.43 Å². The Morgan fingerprint density at radius 2 is 1.38 bits per heavy atom. The van der Waals surface area contributed by atoms with Crippen molar-refractivity contribution in [2.24, 2.45) is 5.10 Å². The molecule has 3 rings (SSSR count). The standard InChI is InChI=1S/C23H20N2O/c26-23(18-20-12-6-2-7-13-20)25-24-22(21-14-8-3-9-15-21)17-16-19-10-4-1-5-11-19/h1-17H,18H2,(H,25,26)/b17-16+,24-22+. The van der Waals surface area contributed by atoms with Crippen LogP contribution >= 0.6 is 0 Å². The van der Waals surface area contributed by atoms with Gasteiger partial charge in [0.25, 0.3) is 0 Å². The summed E-state index contributed by atoms with van der Waals surface area (Å²) in [6, 6.07) is 29.4. The normalized spacial score (nSPS) is 11.5. The van der Waals surface area contributed by atoms with E-state index in [1.54, 1.807) is 0 Å². The number of hydrazone groups is 1. The highest BCUT2D eigenvalue weighted by molar-refractivity contribution is 6.11. The van der Waals surface area contributed by atoms with Gasteiger partial charge in [-0.2, -0.15) is 5.10 Å². The van der Waals surface area contributed by atoms with Crippen molar-refractivity contribution in [1.29, 1.82) is 0 Å². The van der Waals surface area contributed by atoms with E-state index in [2.05, 4.69) is 10.5 Å². The van der Waals surface area contributed by atoms with Gasteiger partial charge in [0.1, 0.15) is 0 Å². The van der Waals surface area contributed by atoms with Crippen LogP contribution in [0.4, 0.5) is 0 Å². The minimum Gasteiger partial charge on any atom is -0.273 e. The van der Waals surface area contributed by atoms with E-state index in [1.165, 1.54) is 0 Å². The Balaban J connectivity index is 1.75. The van der Waals surface area contributed by atoms with Crippen LogP contribution in [0.15, 0.2) is 102 Å². The van der Waals surface area contributed by atoms with Crippen LogP contribution in [0.25, 0.3) is 6.08 Å². The molecule has 0 atom stereocenters. The second-order valence-electron chi connectivity index (χ2n) is 5.80. The molecule has 1 N–H and O–H groups in total. The maximum Gasteiger partial charge on any atom is 0.244 e. The minimum atomic E-state index is -0.141. The lowest BCUT2D eigenvalue weighted by molar-refractivity contribution is -0.120. The zero-order chi connectivity index (χ0) is 18.0. The highest BCUT2D eigenvalue weighted by atomic mass is 16.2. The van der Waals surface area contributed by atoms with E-state index < -0.39 is 0 Å². The number of hydrogen-bond acceptors (Lipinski definition) is 2. The Kier molecular flexibility index (Phi) is 6.10. The molecule has 26 heavy (non-hydrogen) atoms. The SMILES string of the molecule is O=C(Cc1ccccc1)N/N=C(\C=C\c1ccccc1)c1ccccc1. The van der Waals surface area contributed by atoms with Crippen LogP contribution in [0.2, 0.25) is 0 Å². The summed E-state index contributed by atoms with van der Waals surface area (Å²) in [7, 11) is 0. The van der Waals surface area contributed by atoms with Gasteiger partial charge < -0.3 is 0 Å². The summed E-state index contributed by atoms with van der Waals surface area (Å²) in [5, 5.41) is 4.34. The third kappa shape index (κ3) is 5.28. The first-order valence-corrected chi connectivity index (χ1v) is 8.50. The molecule has 3 aromatic carbocycles. The maximum atomic E-state index is 12.2. The third-order valence-corrected chi connectivity index (χ3v) is 3.81. The quantitative estimate of drug-likeness (QED) is 0.522. The molecule has 3 nitrogen and oxygen atoms in total. The lowest BCUT2D eigenvalue weighted by Gasteiger charge is -2.04. The van der Waals surface area contributed by atoms with Gasteiger partial charge in [0.2, 0.25) is 5.91 Å². The number of carbonyl (C=O) groups is 1. The molecular weight excluding hydrogens is 320 g/mol. The van der Waals surface area contributed by atoms with Crippen LogP contribution < -0.4 is 5.43 Å². The number of allylic oxidation sites excluding steroid dienone is 1. The first-order valence-electron chi connectivity index (χ1n) is 8.50. The summed E-state index contributed by atoms with van der Waals surface area (Å²) in [4.78, 5) is 12.2. The van der Waals surface area contributed by atoms with E-state index in [9.17, 15) is 4.79 Å². The van der Waals surface area contributed by atoms with Gasteiger partial charge in [0.05, 0.1) is 12.1 Å². The first-order chi connectivity index (χ1) is 12.8. The van der Waals surface area contributed by atoms with E-state index in [4.69, 9.17) is 0 Å². The number of benzene rings is 3. The first kappa shape index (κ1) is 17.4. The zero-order valence-electron chi connectivity index (χ0n) is 14.4. The third-order valence-electron chi connectivity index (χ3n) is 3.81. The number of nitrogens with one attached hydrogen (secondary N) is 1. The smallest absolute Gasteiger partial charge is 0.244 e. The predicted octanol–water partition coefficient (Wildman–Crippen LogP) is 4.46. The average molecular weight is 340 g/mol. The summed E-state index contributed by atoms with van der Waals surface area (Å²) < 4.78 is 0. The molecule has 0 aliphatic carbocycles. The van der Waals surface area contributed by atoms with Crippen LogP contribution in [0.3, 0.4) is 0 Å². The molecule has 3 heteroatoms. The molecule has 0 heterocycles. The largest absolute Gasteiger partial charge is 0.273 e. The molecule has 0 spiro atoms. The highest BCUT2D eigenvalue weighted by Gasteiger charge is 2.04. The molecule has 128 valence electrons. The number of rotatable bonds is 6. The Bertz CT molecular complexity index is 885.